The third kappa shape index (κ3) is 4.47. The zero-order chi connectivity index (χ0) is 20.9. The molecule has 0 fully saturated rings. The van der Waals surface area contributed by atoms with Gasteiger partial charge >= 0.3 is 0 Å². The summed E-state index contributed by atoms with van der Waals surface area (Å²) < 4.78 is 5.87. The summed E-state index contributed by atoms with van der Waals surface area (Å²) in [4.78, 5) is 8.82. The van der Waals surface area contributed by atoms with Crippen LogP contribution in [0.1, 0.15) is 30.9 Å². The number of amidine groups is 1. The number of rotatable bonds is 5. The largest absolute Gasteiger partial charge is 0.439 e. The molecule has 5 heteroatoms. The summed E-state index contributed by atoms with van der Waals surface area (Å²) in [6, 6.07) is 25.5. The first-order valence-corrected chi connectivity index (χ1v) is 9.84. The highest BCUT2D eigenvalue weighted by molar-refractivity contribution is 5.99. The number of nitrogens with zero attached hydrogens (tertiary/aromatic N) is 2. The van der Waals surface area contributed by atoms with Crippen molar-refractivity contribution in [3.63, 3.8) is 0 Å². The van der Waals surface area contributed by atoms with Crippen LogP contribution in [-0.2, 0) is 0 Å². The fourth-order valence-electron chi connectivity index (χ4n) is 3.15. The maximum atomic E-state index is 9.55. The van der Waals surface area contributed by atoms with Crippen LogP contribution in [0.3, 0.4) is 0 Å². The number of benzene rings is 3. The van der Waals surface area contributed by atoms with Crippen LogP contribution < -0.4 is 10.2 Å². The molecule has 30 heavy (non-hydrogen) atoms. The van der Waals surface area contributed by atoms with Crippen LogP contribution in [0.4, 0.5) is 5.69 Å². The van der Waals surface area contributed by atoms with Gasteiger partial charge in [0.05, 0.1) is 5.69 Å². The normalized spacial score (nSPS) is 11.7. The lowest BCUT2D eigenvalue weighted by Crippen LogP contribution is -2.20. The van der Waals surface area contributed by atoms with Gasteiger partial charge in [-0.3, -0.25) is 10.7 Å². The van der Waals surface area contributed by atoms with E-state index in [1.807, 2.05) is 60.7 Å². The van der Waals surface area contributed by atoms with Gasteiger partial charge in [0.15, 0.2) is 5.84 Å². The second-order valence-electron chi connectivity index (χ2n) is 7.31. The van der Waals surface area contributed by atoms with Crippen LogP contribution in [0.15, 0.2) is 90.1 Å². The number of nitrogens with one attached hydrogen (secondary N) is 1. The Morgan fingerprint density at radius 2 is 1.70 bits per heavy atom. The molecule has 0 amide bonds. The van der Waals surface area contributed by atoms with Gasteiger partial charge in [-0.05, 0) is 52.6 Å². The van der Waals surface area contributed by atoms with Crippen molar-refractivity contribution in [2.24, 2.45) is 4.99 Å². The predicted molar refractivity (Wildman–Crippen MR) is 120 cm³/mol. The number of ether oxygens (including phenoxy) is 1. The van der Waals surface area contributed by atoms with Gasteiger partial charge in [-0.1, -0.05) is 56.3 Å². The van der Waals surface area contributed by atoms with Crippen molar-refractivity contribution >= 4 is 22.3 Å². The third-order valence-electron chi connectivity index (χ3n) is 4.86. The lowest BCUT2D eigenvalue weighted by Gasteiger charge is -2.09. The number of pyridine rings is 1. The molecule has 5 nitrogen and oxygen atoms in total. The molecule has 4 aromatic rings. The Morgan fingerprint density at radius 3 is 2.37 bits per heavy atom. The summed E-state index contributed by atoms with van der Waals surface area (Å²) in [7, 11) is 0. The minimum absolute atomic E-state index is 0.317. The van der Waals surface area contributed by atoms with E-state index in [-0.39, 0.29) is 0 Å². The molecule has 0 unspecified atom stereocenters. The number of hydrogen-bond acceptors (Lipinski definition) is 4. The molecule has 4 rings (SSSR count). The fraction of sp³-hybridized carbons (Fsp3) is 0.120. The van der Waals surface area contributed by atoms with Gasteiger partial charge < -0.3 is 4.74 Å². The van der Waals surface area contributed by atoms with E-state index in [2.05, 4.69) is 35.4 Å². The predicted octanol–water partition coefficient (Wildman–Crippen LogP) is 6.21. The van der Waals surface area contributed by atoms with Crippen molar-refractivity contribution in [2.45, 2.75) is 19.8 Å². The van der Waals surface area contributed by atoms with E-state index < -0.39 is 0 Å². The van der Waals surface area contributed by atoms with Gasteiger partial charge in [-0.25, -0.2) is 9.98 Å². The van der Waals surface area contributed by atoms with Crippen LogP contribution in [-0.4, -0.2) is 16.0 Å². The summed E-state index contributed by atoms with van der Waals surface area (Å²) in [5.41, 5.74) is 4.80. The smallest absolute Gasteiger partial charge is 0.219 e. The number of fused-ring (bicyclic) bond motifs is 1. The molecule has 150 valence electrons. The summed E-state index contributed by atoms with van der Waals surface area (Å²) in [6.07, 6.45) is 1.61. The first kappa shape index (κ1) is 19.6. The monoisotopic (exact) mass is 397 g/mol. The topological polar surface area (TPSA) is 66.7 Å². The fourth-order valence-corrected chi connectivity index (χ4v) is 3.15. The van der Waals surface area contributed by atoms with Crippen molar-refractivity contribution < 1.29 is 9.94 Å². The maximum Gasteiger partial charge on any atom is 0.219 e. The molecule has 1 heterocycles. The van der Waals surface area contributed by atoms with Crippen molar-refractivity contribution in [3.05, 3.63) is 96.2 Å². The van der Waals surface area contributed by atoms with Crippen LogP contribution in [0.2, 0.25) is 0 Å². The molecule has 0 spiro atoms. The van der Waals surface area contributed by atoms with Gasteiger partial charge in [0, 0.05) is 17.8 Å². The number of hydroxylamine groups is 1. The van der Waals surface area contributed by atoms with Crippen LogP contribution in [0, 0.1) is 0 Å². The molecule has 0 aliphatic heterocycles. The molecule has 0 aliphatic rings. The highest BCUT2D eigenvalue weighted by Gasteiger charge is 2.06. The summed E-state index contributed by atoms with van der Waals surface area (Å²) in [5, 5.41) is 11.8. The van der Waals surface area contributed by atoms with E-state index in [1.165, 1.54) is 5.56 Å². The van der Waals surface area contributed by atoms with Crippen molar-refractivity contribution in [3.8, 4) is 11.6 Å². The van der Waals surface area contributed by atoms with Crippen molar-refractivity contribution in [2.75, 3.05) is 0 Å². The Kier molecular flexibility index (Phi) is 5.72. The highest BCUT2D eigenvalue weighted by atomic mass is 16.5. The van der Waals surface area contributed by atoms with Crippen LogP contribution in [0.25, 0.3) is 10.8 Å². The van der Waals surface area contributed by atoms with Gasteiger partial charge in [0.2, 0.25) is 5.88 Å². The van der Waals surface area contributed by atoms with Gasteiger partial charge in [-0.15, -0.1) is 0 Å². The summed E-state index contributed by atoms with van der Waals surface area (Å²) in [6.45, 7) is 4.29. The second kappa shape index (κ2) is 8.76. The number of hydrogen-bond donors (Lipinski definition) is 2. The molecule has 0 radical (unpaired) electrons. The Bertz CT molecular complexity index is 1170. The summed E-state index contributed by atoms with van der Waals surface area (Å²) in [5.74, 6) is 1.95. The average molecular weight is 397 g/mol. The van der Waals surface area contributed by atoms with E-state index in [4.69, 9.17) is 4.74 Å². The molecule has 0 saturated carbocycles. The maximum absolute atomic E-state index is 9.55. The molecular weight excluding hydrogens is 374 g/mol. The Hall–Kier alpha value is -3.70. The Morgan fingerprint density at radius 1 is 0.933 bits per heavy atom. The first-order chi connectivity index (χ1) is 14.6. The van der Waals surface area contributed by atoms with E-state index in [1.54, 1.807) is 18.3 Å². The van der Waals surface area contributed by atoms with Crippen LogP contribution >= 0.6 is 0 Å². The SMILES string of the molecule is CC(C)c1ccc(N=C(NO)c2ccc(Oc3ccc4ccccc4c3)nc2)cc1. The van der Waals surface area contributed by atoms with Gasteiger partial charge in [0.25, 0.3) is 0 Å². The Balaban J connectivity index is 1.52. The summed E-state index contributed by atoms with van der Waals surface area (Å²) >= 11 is 0. The van der Waals surface area contributed by atoms with Crippen LogP contribution in [0.5, 0.6) is 11.6 Å². The van der Waals surface area contributed by atoms with Crippen molar-refractivity contribution in [1.29, 1.82) is 0 Å². The second-order valence-corrected chi connectivity index (χ2v) is 7.31. The zero-order valence-electron chi connectivity index (χ0n) is 16.9. The van der Waals surface area contributed by atoms with E-state index in [0.29, 0.717) is 28.9 Å². The molecule has 2 N–H and O–H groups in total. The van der Waals surface area contributed by atoms with E-state index >= 15 is 0 Å². The van der Waals surface area contributed by atoms with Gasteiger partial charge in [-0.2, -0.15) is 0 Å². The Labute approximate surface area is 175 Å². The molecule has 0 bridgehead atoms. The molecule has 0 saturated heterocycles. The quantitative estimate of drug-likeness (QED) is 0.239. The number of aromatic nitrogens is 1. The highest BCUT2D eigenvalue weighted by Crippen LogP contribution is 2.25. The lowest BCUT2D eigenvalue weighted by molar-refractivity contribution is 0.235. The number of aliphatic imine (C=N–C) groups is 1. The molecule has 0 atom stereocenters. The van der Waals surface area contributed by atoms with E-state index in [9.17, 15) is 5.21 Å². The molecule has 1 aromatic heterocycles. The first-order valence-electron chi connectivity index (χ1n) is 9.84. The molecule has 3 aromatic carbocycles. The minimum atomic E-state index is 0.317. The minimum Gasteiger partial charge on any atom is -0.439 e. The van der Waals surface area contributed by atoms with E-state index in [0.717, 1.165) is 16.5 Å². The van der Waals surface area contributed by atoms with Gasteiger partial charge in [0.1, 0.15) is 5.75 Å². The van der Waals surface area contributed by atoms with Crippen molar-refractivity contribution in [1.82, 2.24) is 10.5 Å². The standard InChI is InChI=1S/C25H23N3O2/c1-17(2)18-7-11-22(12-8-18)27-25(28-29)21-10-14-24(26-16-21)30-23-13-9-19-5-3-4-6-20(19)15-23/h3-17,29H,1-2H3,(H,27,28). The zero-order valence-corrected chi connectivity index (χ0v) is 16.9. The third-order valence-corrected chi connectivity index (χ3v) is 4.86. The lowest BCUT2D eigenvalue weighted by atomic mass is 10.0. The molecule has 0 aliphatic carbocycles. The average Bonchev–Trinajstić information content (AvgIpc) is 2.78. The molecular formula is C25H23N3O2.